The summed E-state index contributed by atoms with van der Waals surface area (Å²) >= 11 is 8.80. The van der Waals surface area contributed by atoms with Crippen molar-refractivity contribution in [3.8, 4) is 0 Å². The normalized spacial score (nSPS) is 10.2. The van der Waals surface area contributed by atoms with E-state index in [2.05, 4.69) is 26.2 Å². The van der Waals surface area contributed by atoms with E-state index in [9.17, 15) is 9.18 Å². The molecule has 1 heterocycles. The standard InChI is InChI=1S/C12H7BrClFN2O/c13-11-8(2-1-3-9(11)15)12(18)17-10-6-7(14)4-5-16-10/h1-6H,(H,16,17,18). The Bertz CT molecular complexity index is 606. The molecular weight excluding hydrogens is 322 g/mol. The fourth-order valence-electron chi connectivity index (χ4n) is 1.34. The quantitative estimate of drug-likeness (QED) is 0.908. The number of nitrogens with one attached hydrogen (secondary N) is 1. The van der Waals surface area contributed by atoms with Crippen LogP contribution >= 0.6 is 27.5 Å². The second kappa shape index (κ2) is 5.46. The number of aromatic nitrogens is 1. The summed E-state index contributed by atoms with van der Waals surface area (Å²) in [5, 5.41) is 2.99. The molecular formula is C12H7BrClFN2O. The molecule has 0 unspecified atom stereocenters. The van der Waals surface area contributed by atoms with Gasteiger partial charge in [0.25, 0.3) is 5.91 Å². The van der Waals surface area contributed by atoms with Crippen molar-refractivity contribution in [1.29, 1.82) is 0 Å². The van der Waals surface area contributed by atoms with Crippen molar-refractivity contribution in [2.75, 3.05) is 5.32 Å². The number of carbonyl (C=O) groups excluding carboxylic acids is 1. The first kappa shape index (κ1) is 13.0. The van der Waals surface area contributed by atoms with Crippen LogP contribution in [0.15, 0.2) is 41.0 Å². The van der Waals surface area contributed by atoms with E-state index >= 15 is 0 Å². The predicted octanol–water partition coefficient (Wildman–Crippen LogP) is 3.89. The number of benzene rings is 1. The molecule has 3 nitrogen and oxygen atoms in total. The summed E-state index contributed by atoms with van der Waals surface area (Å²) in [6, 6.07) is 7.33. The Morgan fingerprint density at radius 2 is 2.17 bits per heavy atom. The Balaban J connectivity index is 2.25. The van der Waals surface area contributed by atoms with Crippen molar-refractivity contribution in [3.05, 3.63) is 57.4 Å². The Morgan fingerprint density at radius 3 is 2.89 bits per heavy atom. The third kappa shape index (κ3) is 2.86. The zero-order valence-electron chi connectivity index (χ0n) is 8.95. The molecule has 1 aromatic carbocycles. The number of nitrogens with zero attached hydrogens (tertiary/aromatic N) is 1. The highest BCUT2D eigenvalue weighted by molar-refractivity contribution is 9.10. The second-order valence-corrected chi connectivity index (χ2v) is 4.64. The van der Waals surface area contributed by atoms with E-state index in [-0.39, 0.29) is 10.0 Å². The molecule has 2 rings (SSSR count). The van der Waals surface area contributed by atoms with E-state index in [1.807, 2.05) is 0 Å². The molecule has 0 radical (unpaired) electrons. The van der Waals surface area contributed by atoms with E-state index in [1.54, 1.807) is 6.07 Å². The molecule has 0 atom stereocenters. The smallest absolute Gasteiger partial charge is 0.258 e. The molecule has 6 heteroatoms. The van der Waals surface area contributed by atoms with Crippen LogP contribution in [0.3, 0.4) is 0 Å². The molecule has 0 saturated carbocycles. The first-order valence-electron chi connectivity index (χ1n) is 4.95. The van der Waals surface area contributed by atoms with E-state index in [0.717, 1.165) is 0 Å². The van der Waals surface area contributed by atoms with Crippen molar-refractivity contribution in [3.63, 3.8) is 0 Å². The van der Waals surface area contributed by atoms with Crippen LogP contribution in [0.4, 0.5) is 10.2 Å². The number of amides is 1. The lowest BCUT2D eigenvalue weighted by molar-refractivity contribution is 0.102. The molecule has 92 valence electrons. The van der Waals surface area contributed by atoms with Gasteiger partial charge >= 0.3 is 0 Å². The maximum absolute atomic E-state index is 13.3. The minimum atomic E-state index is -0.498. The lowest BCUT2D eigenvalue weighted by Gasteiger charge is -2.06. The highest BCUT2D eigenvalue weighted by Gasteiger charge is 2.13. The third-order valence-electron chi connectivity index (χ3n) is 2.16. The zero-order valence-corrected chi connectivity index (χ0v) is 11.3. The average molecular weight is 330 g/mol. The van der Waals surface area contributed by atoms with Gasteiger partial charge in [0.2, 0.25) is 0 Å². The lowest BCUT2D eigenvalue weighted by atomic mass is 10.2. The summed E-state index contributed by atoms with van der Waals surface area (Å²) in [5.41, 5.74) is 0.191. The summed E-state index contributed by atoms with van der Waals surface area (Å²) in [6.45, 7) is 0. The number of pyridine rings is 1. The number of halogens is 3. The van der Waals surface area contributed by atoms with Gasteiger partial charge in [-0.05, 0) is 40.2 Å². The van der Waals surface area contributed by atoms with E-state index < -0.39 is 11.7 Å². The fraction of sp³-hybridized carbons (Fsp3) is 0. The van der Waals surface area contributed by atoms with E-state index in [0.29, 0.717) is 10.8 Å². The number of carbonyl (C=O) groups is 1. The summed E-state index contributed by atoms with van der Waals surface area (Å²) in [6.07, 6.45) is 1.47. The van der Waals surface area contributed by atoms with Gasteiger partial charge in [-0.3, -0.25) is 4.79 Å². The molecule has 2 aromatic rings. The number of anilines is 1. The Morgan fingerprint density at radius 1 is 1.39 bits per heavy atom. The van der Waals surface area contributed by atoms with Gasteiger partial charge in [-0.1, -0.05) is 17.7 Å². The molecule has 0 spiro atoms. The SMILES string of the molecule is O=C(Nc1cc(Cl)ccn1)c1cccc(F)c1Br. The third-order valence-corrected chi connectivity index (χ3v) is 3.20. The Labute approximate surface area is 116 Å². The predicted molar refractivity (Wildman–Crippen MR) is 71.3 cm³/mol. The van der Waals surface area contributed by atoms with Gasteiger partial charge in [-0.15, -0.1) is 0 Å². The van der Waals surface area contributed by atoms with E-state index in [4.69, 9.17) is 11.6 Å². The maximum Gasteiger partial charge on any atom is 0.258 e. The fourth-order valence-corrected chi connectivity index (χ4v) is 1.94. The van der Waals surface area contributed by atoms with E-state index in [1.165, 1.54) is 30.5 Å². The molecule has 0 aliphatic heterocycles. The molecule has 1 aromatic heterocycles. The number of hydrogen-bond donors (Lipinski definition) is 1. The van der Waals surface area contributed by atoms with Crippen LogP contribution in [-0.4, -0.2) is 10.9 Å². The molecule has 1 amide bonds. The Hall–Kier alpha value is -1.46. The lowest BCUT2D eigenvalue weighted by Crippen LogP contribution is -2.13. The van der Waals surface area contributed by atoms with Crippen molar-refractivity contribution in [2.24, 2.45) is 0 Å². The molecule has 0 saturated heterocycles. The van der Waals surface area contributed by atoms with Gasteiger partial charge in [0.1, 0.15) is 11.6 Å². The highest BCUT2D eigenvalue weighted by Crippen LogP contribution is 2.21. The summed E-state index contributed by atoms with van der Waals surface area (Å²) in [7, 11) is 0. The topological polar surface area (TPSA) is 42.0 Å². The molecule has 18 heavy (non-hydrogen) atoms. The monoisotopic (exact) mass is 328 g/mol. The highest BCUT2D eigenvalue weighted by atomic mass is 79.9. The van der Waals surface area contributed by atoms with Gasteiger partial charge < -0.3 is 5.32 Å². The van der Waals surface area contributed by atoms with Gasteiger partial charge in [-0.2, -0.15) is 0 Å². The van der Waals surface area contributed by atoms with Crippen molar-refractivity contribution in [1.82, 2.24) is 4.98 Å². The van der Waals surface area contributed by atoms with Crippen LogP contribution in [-0.2, 0) is 0 Å². The Kier molecular flexibility index (Phi) is 3.93. The number of hydrogen-bond acceptors (Lipinski definition) is 2. The van der Waals surface area contributed by atoms with Crippen LogP contribution in [0.1, 0.15) is 10.4 Å². The second-order valence-electron chi connectivity index (χ2n) is 3.41. The van der Waals surface area contributed by atoms with Crippen LogP contribution < -0.4 is 5.32 Å². The number of rotatable bonds is 2. The average Bonchev–Trinajstić information content (AvgIpc) is 2.32. The first-order valence-corrected chi connectivity index (χ1v) is 6.12. The van der Waals surface area contributed by atoms with Crippen molar-refractivity contribution >= 4 is 39.3 Å². The van der Waals surface area contributed by atoms with Crippen LogP contribution in [0.5, 0.6) is 0 Å². The maximum atomic E-state index is 13.3. The van der Waals surface area contributed by atoms with Crippen LogP contribution in [0.2, 0.25) is 5.02 Å². The zero-order chi connectivity index (χ0) is 13.1. The summed E-state index contributed by atoms with van der Waals surface area (Å²) < 4.78 is 13.4. The van der Waals surface area contributed by atoms with Crippen molar-refractivity contribution < 1.29 is 9.18 Å². The molecule has 1 N–H and O–H groups in total. The van der Waals surface area contributed by atoms with Gasteiger partial charge in [0.05, 0.1) is 10.0 Å². The van der Waals surface area contributed by atoms with Gasteiger partial charge in [0.15, 0.2) is 0 Å². The summed E-state index contributed by atoms with van der Waals surface area (Å²) in [4.78, 5) is 15.8. The molecule has 0 bridgehead atoms. The minimum absolute atomic E-state index is 0.115. The molecule has 0 fully saturated rings. The molecule has 0 aliphatic carbocycles. The largest absolute Gasteiger partial charge is 0.306 e. The minimum Gasteiger partial charge on any atom is -0.306 e. The van der Waals surface area contributed by atoms with Crippen LogP contribution in [0, 0.1) is 5.82 Å². The first-order chi connectivity index (χ1) is 8.58. The van der Waals surface area contributed by atoms with Crippen LogP contribution in [0.25, 0.3) is 0 Å². The van der Waals surface area contributed by atoms with Crippen molar-refractivity contribution in [2.45, 2.75) is 0 Å². The van der Waals surface area contributed by atoms with Gasteiger partial charge in [0, 0.05) is 11.2 Å². The van der Waals surface area contributed by atoms with Gasteiger partial charge in [-0.25, -0.2) is 9.37 Å². The molecule has 0 aliphatic rings. The summed E-state index contributed by atoms with van der Waals surface area (Å²) in [5.74, 6) is -0.651.